The van der Waals surface area contributed by atoms with Crippen molar-refractivity contribution < 1.29 is 14.3 Å². The van der Waals surface area contributed by atoms with Crippen LogP contribution in [0.1, 0.15) is 20.8 Å². The van der Waals surface area contributed by atoms with Gasteiger partial charge in [0.05, 0.1) is 22.3 Å². The van der Waals surface area contributed by atoms with Crippen LogP contribution in [0.25, 0.3) is 22.2 Å². The number of hydrogen-bond donors (Lipinski definition) is 1. The number of rotatable bonds is 2. The van der Waals surface area contributed by atoms with E-state index >= 15 is 0 Å². The topological polar surface area (TPSA) is 67.4 Å². The number of amides is 1. The molecule has 1 aromatic carbocycles. The fraction of sp³-hybridized carbons (Fsp3) is 0.300. The zero-order valence-electron chi connectivity index (χ0n) is 16.1. The van der Waals surface area contributed by atoms with Crippen LogP contribution in [0.2, 0.25) is 5.02 Å². The van der Waals surface area contributed by atoms with Gasteiger partial charge in [-0.15, -0.1) is 0 Å². The maximum atomic E-state index is 12.8. The lowest BCUT2D eigenvalue weighted by Crippen LogP contribution is -2.41. The van der Waals surface area contributed by atoms with Gasteiger partial charge in [-0.1, -0.05) is 17.7 Å². The molecule has 3 aromatic rings. The number of ether oxygens (including phenoxy) is 2. The maximum Gasteiger partial charge on any atom is 0.415 e. The summed E-state index contributed by atoms with van der Waals surface area (Å²) in [7, 11) is 1.56. The second-order valence-electron chi connectivity index (χ2n) is 7.59. The first-order valence-electron chi connectivity index (χ1n) is 9.01. The van der Waals surface area contributed by atoms with Crippen molar-refractivity contribution in [3.63, 3.8) is 0 Å². The molecule has 0 saturated carbocycles. The monoisotopic (exact) mass is 543 g/mol. The maximum absolute atomic E-state index is 12.8. The molecule has 0 saturated heterocycles. The number of H-pyrrole nitrogens is 1. The predicted octanol–water partition coefficient (Wildman–Crippen LogP) is 6.46. The van der Waals surface area contributed by atoms with Gasteiger partial charge in [0.25, 0.3) is 0 Å². The van der Waals surface area contributed by atoms with Crippen molar-refractivity contribution in [1.82, 2.24) is 9.97 Å². The molecule has 1 aliphatic rings. The van der Waals surface area contributed by atoms with E-state index in [0.717, 1.165) is 27.2 Å². The first kappa shape index (κ1) is 20.6. The van der Waals surface area contributed by atoms with Gasteiger partial charge in [-0.25, -0.2) is 9.78 Å². The van der Waals surface area contributed by atoms with Gasteiger partial charge in [0.1, 0.15) is 23.6 Å². The summed E-state index contributed by atoms with van der Waals surface area (Å²) < 4.78 is 11.4. The summed E-state index contributed by atoms with van der Waals surface area (Å²) in [6, 6.07) is 7.57. The molecule has 9 heteroatoms. The van der Waals surface area contributed by atoms with E-state index in [1.54, 1.807) is 26.1 Å². The van der Waals surface area contributed by atoms with Gasteiger partial charge in [-0.3, -0.25) is 4.90 Å². The Balaban J connectivity index is 1.84. The number of carbonyl (C=O) groups is 1. The van der Waals surface area contributed by atoms with Crippen LogP contribution in [0.15, 0.2) is 35.5 Å². The summed E-state index contributed by atoms with van der Waals surface area (Å²) in [6.45, 7) is 6.41. The number of halogens is 2. The van der Waals surface area contributed by atoms with Crippen molar-refractivity contribution in [3.05, 3.63) is 35.5 Å². The van der Waals surface area contributed by atoms with Crippen LogP contribution in [-0.4, -0.2) is 34.8 Å². The molecule has 6 nitrogen and oxygen atoms in total. The number of nitrogens with one attached hydrogen (secondary N) is 1. The molecular weight excluding hydrogens is 525 g/mol. The Labute approximate surface area is 189 Å². The quantitative estimate of drug-likeness (QED) is 0.376. The number of aromatic amines is 1. The second-order valence-corrected chi connectivity index (χ2v) is 9.88. The summed E-state index contributed by atoms with van der Waals surface area (Å²) in [6.07, 6.45) is 1.29. The molecule has 0 bridgehead atoms. The molecule has 3 heterocycles. The lowest BCUT2D eigenvalue weighted by Gasteiger charge is -2.32. The van der Waals surface area contributed by atoms with E-state index < -0.39 is 5.60 Å². The van der Waals surface area contributed by atoms with E-state index in [1.165, 1.54) is 0 Å². The zero-order valence-corrected chi connectivity index (χ0v) is 19.8. The van der Waals surface area contributed by atoms with Gasteiger partial charge in [0.15, 0.2) is 0 Å². The van der Waals surface area contributed by atoms with E-state index in [0.29, 0.717) is 29.6 Å². The highest BCUT2D eigenvalue weighted by Gasteiger charge is 2.29. The summed E-state index contributed by atoms with van der Waals surface area (Å²) in [5, 5.41) is 2.42. The summed E-state index contributed by atoms with van der Waals surface area (Å²) in [5.41, 5.74) is 2.71. The average molecular weight is 544 g/mol. The Morgan fingerprint density at radius 2 is 2.17 bits per heavy atom. The Bertz CT molecular complexity index is 1100. The molecule has 0 unspecified atom stereocenters. The highest BCUT2D eigenvalue weighted by molar-refractivity contribution is 14.2. The third kappa shape index (κ3) is 4.02. The van der Waals surface area contributed by atoms with Crippen molar-refractivity contribution >= 4 is 64.6 Å². The molecule has 0 atom stereocenters. The third-order valence-corrected chi connectivity index (χ3v) is 6.51. The number of fused-ring (bicyclic) bond motifs is 2. The van der Waals surface area contributed by atoms with E-state index in [-0.39, 0.29) is 6.09 Å². The van der Waals surface area contributed by atoms with Crippen LogP contribution in [-0.2, 0) is 4.74 Å². The van der Waals surface area contributed by atoms with Gasteiger partial charge in [0, 0.05) is 38.4 Å². The van der Waals surface area contributed by atoms with Crippen molar-refractivity contribution in [2.24, 2.45) is 0 Å². The largest absolute Gasteiger partial charge is 0.490 e. The fourth-order valence-corrected chi connectivity index (χ4v) is 4.93. The van der Waals surface area contributed by atoms with E-state index in [4.69, 9.17) is 21.1 Å². The Kier molecular flexibility index (Phi) is 5.60. The smallest absolute Gasteiger partial charge is 0.415 e. The van der Waals surface area contributed by atoms with Gasteiger partial charge in [0.2, 0.25) is 0 Å². The van der Waals surface area contributed by atoms with E-state index in [1.807, 2.05) is 39.0 Å². The normalized spacial score (nSPS) is 13.9. The second kappa shape index (κ2) is 7.88. The third-order valence-electron chi connectivity index (χ3n) is 4.41. The summed E-state index contributed by atoms with van der Waals surface area (Å²) >= 11 is 8.73. The average Bonchev–Trinajstić information content (AvgIpc) is 3.05. The molecule has 0 radical (unpaired) electrons. The zero-order chi connectivity index (χ0) is 20.8. The minimum atomic E-state index is -0.575. The molecule has 0 fully saturated rings. The number of pyridine rings is 1. The molecule has 0 spiro atoms. The van der Waals surface area contributed by atoms with E-state index in [2.05, 4.69) is 31.2 Å². The van der Waals surface area contributed by atoms with Gasteiger partial charge in [-0.2, -0.15) is 0 Å². The fourth-order valence-electron chi connectivity index (χ4n) is 3.27. The minimum absolute atomic E-state index is 0.388. The molecule has 152 valence electrons. The minimum Gasteiger partial charge on any atom is -0.490 e. The molecule has 4 rings (SSSR count). The van der Waals surface area contributed by atoms with Crippen LogP contribution in [0, 0.1) is 0 Å². The first-order valence-corrected chi connectivity index (χ1v) is 12.7. The van der Waals surface area contributed by atoms with Crippen LogP contribution in [0.3, 0.4) is 0 Å². The molecule has 0 aliphatic carbocycles. The SMILES string of the molecule is CC(C)(C)OC(=O)N1CCOc2ccc(-c3c(SI)[nH]c4nccc(Cl)c34)cc21. The standard InChI is InChI=1S/C20H19ClIN3O3S/c1-20(2,3)28-19(26)25-8-9-27-14-5-4-11(10-13(14)25)15-16-12(21)6-7-23-17(16)24-18(15)29-22/h4-7,10H,8-9H2,1-3H3,(H,23,24). The van der Waals surface area contributed by atoms with Crippen LogP contribution >= 0.6 is 41.7 Å². The lowest BCUT2D eigenvalue weighted by atomic mass is 10.0. The number of carbonyl (C=O) groups excluding carboxylic acids is 1. The molecule has 1 N–H and O–H groups in total. The molecular formula is C20H19ClIN3O3S. The van der Waals surface area contributed by atoms with Gasteiger partial charge in [-0.05, 0) is 53.5 Å². The number of aromatic nitrogens is 2. The first-order chi connectivity index (χ1) is 13.8. The van der Waals surface area contributed by atoms with Crippen molar-refractivity contribution in [1.29, 1.82) is 0 Å². The highest BCUT2D eigenvalue weighted by Crippen LogP contribution is 2.45. The van der Waals surface area contributed by atoms with Crippen molar-refractivity contribution in [3.8, 4) is 16.9 Å². The molecule has 1 aliphatic heterocycles. The highest BCUT2D eigenvalue weighted by atomic mass is 127. The number of benzene rings is 1. The summed E-state index contributed by atoms with van der Waals surface area (Å²) in [4.78, 5) is 22.1. The Morgan fingerprint density at radius 1 is 1.38 bits per heavy atom. The molecule has 1 amide bonds. The molecule has 29 heavy (non-hydrogen) atoms. The number of nitrogens with zero attached hydrogens (tertiary/aromatic N) is 2. The molecule has 2 aromatic heterocycles. The Morgan fingerprint density at radius 3 is 2.90 bits per heavy atom. The van der Waals surface area contributed by atoms with E-state index in [9.17, 15) is 4.79 Å². The van der Waals surface area contributed by atoms with Crippen LogP contribution in [0.5, 0.6) is 5.75 Å². The van der Waals surface area contributed by atoms with Gasteiger partial charge >= 0.3 is 6.09 Å². The Hall–Kier alpha value is -1.65. The summed E-state index contributed by atoms with van der Waals surface area (Å²) in [5.74, 6) is 0.651. The number of anilines is 1. The predicted molar refractivity (Wildman–Crippen MR) is 125 cm³/mol. The van der Waals surface area contributed by atoms with Crippen LogP contribution in [0.4, 0.5) is 10.5 Å². The van der Waals surface area contributed by atoms with Gasteiger partial charge < -0.3 is 14.5 Å². The van der Waals surface area contributed by atoms with Crippen molar-refractivity contribution in [2.75, 3.05) is 18.1 Å². The van der Waals surface area contributed by atoms with Crippen LogP contribution < -0.4 is 9.64 Å². The lowest BCUT2D eigenvalue weighted by molar-refractivity contribution is 0.0568. The van der Waals surface area contributed by atoms with Crippen molar-refractivity contribution in [2.45, 2.75) is 31.4 Å². The number of hydrogen-bond acceptors (Lipinski definition) is 5.